The van der Waals surface area contributed by atoms with E-state index in [2.05, 4.69) is 0 Å². The predicted octanol–water partition coefficient (Wildman–Crippen LogP) is 4.12. The van der Waals surface area contributed by atoms with E-state index >= 15 is 0 Å². The van der Waals surface area contributed by atoms with Crippen LogP contribution in [0.5, 0.6) is 5.75 Å². The highest BCUT2D eigenvalue weighted by atomic mass is 16.7. The topological polar surface area (TPSA) is 82.6 Å². The average Bonchev–Trinajstić information content (AvgIpc) is 3.21. The highest BCUT2D eigenvalue weighted by Crippen LogP contribution is 2.32. The van der Waals surface area contributed by atoms with Crippen LogP contribution < -0.4 is 4.74 Å². The molecule has 2 aliphatic rings. The lowest BCUT2D eigenvalue weighted by atomic mass is 9.99. The molecule has 0 saturated carbocycles. The molecule has 2 heterocycles. The molecule has 8 heteroatoms. The Bertz CT molecular complexity index is 1180. The van der Waals surface area contributed by atoms with E-state index in [9.17, 15) is 14.7 Å². The van der Waals surface area contributed by atoms with Crippen molar-refractivity contribution in [1.82, 2.24) is 14.9 Å². The molecule has 2 bridgehead atoms. The molecule has 2 saturated heterocycles. The lowest BCUT2D eigenvalue weighted by Gasteiger charge is -2.34. The Balaban J connectivity index is 1.32. The van der Waals surface area contributed by atoms with Gasteiger partial charge in [0.25, 0.3) is 0 Å². The van der Waals surface area contributed by atoms with Gasteiger partial charge < -0.3 is 19.6 Å². The van der Waals surface area contributed by atoms with Gasteiger partial charge >= 0.3 is 6.03 Å². The molecule has 2 fully saturated rings. The molecule has 0 unspecified atom stereocenters. The molecule has 8 nitrogen and oxygen atoms in total. The third-order valence-corrected chi connectivity index (χ3v) is 7.24. The Morgan fingerprint density at radius 3 is 2.16 bits per heavy atom. The maximum atomic E-state index is 14.0. The van der Waals surface area contributed by atoms with Crippen LogP contribution in [-0.4, -0.2) is 57.6 Å². The number of aliphatic hydroxyl groups excluding tert-OH is 1. The zero-order valence-corrected chi connectivity index (χ0v) is 21.5. The molecule has 5 rings (SSSR count). The van der Waals surface area contributed by atoms with Gasteiger partial charge in [-0.3, -0.25) is 9.63 Å². The van der Waals surface area contributed by atoms with E-state index in [-0.39, 0.29) is 24.6 Å². The number of urea groups is 1. The molecule has 3 aromatic carbocycles. The van der Waals surface area contributed by atoms with E-state index in [0.29, 0.717) is 39.1 Å². The summed E-state index contributed by atoms with van der Waals surface area (Å²) in [6.07, 6.45) is 1.29. The fraction of sp³-hybridized carbons (Fsp3) is 0.333. The first-order chi connectivity index (χ1) is 18.6. The summed E-state index contributed by atoms with van der Waals surface area (Å²) in [5, 5.41) is 10.8. The summed E-state index contributed by atoms with van der Waals surface area (Å²) in [6.45, 7) is 1.56. The van der Waals surface area contributed by atoms with Gasteiger partial charge in [-0.1, -0.05) is 66.7 Å². The van der Waals surface area contributed by atoms with E-state index in [1.165, 1.54) is 5.06 Å². The first kappa shape index (κ1) is 25.8. The van der Waals surface area contributed by atoms with Gasteiger partial charge in [0.1, 0.15) is 18.4 Å². The molecule has 0 spiro atoms. The third kappa shape index (κ3) is 5.66. The van der Waals surface area contributed by atoms with Gasteiger partial charge in [0, 0.05) is 19.6 Å². The molecule has 3 amide bonds. The van der Waals surface area contributed by atoms with E-state index < -0.39 is 6.04 Å². The molecule has 198 valence electrons. The second kappa shape index (κ2) is 11.7. The first-order valence-corrected chi connectivity index (χ1v) is 12.9. The average molecular weight is 516 g/mol. The molecule has 2 aliphatic heterocycles. The van der Waals surface area contributed by atoms with Crippen LogP contribution in [0.4, 0.5) is 4.79 Å². The number of rotatable bonds is 10. The molecule has 1 N–H and O–H groups in total. The number of hydroxylamine groups is 2. The number of methoxy groups -OCH3 is 1. The Hall–Kier alpha value is -3.88. The Morgan fingerprint density at radius 1 is 0.895 bits per heavy atom. The molecule has 38 heavy (non-hydrogen) atoms. The zero-order valence-electron chi connectivity index (χ0n) is 21.5. The van der Waals surface area contributed by atoms with Crippen LogP contribution in [0.2, 0.25) is 0 Å². The lowest BCUT2D eigenvalue weighted by Crippen LogP contribution is -2.50. The second-order valence-corrected chi connectivity index (χ2v) is 9.78. The van der Waals surface area contributed by atoms with Crippen LogP contribution in [-0.2, 0) is 35.9 Å². The molecule has 3 aromatic rings. The number of piperidine rings is 1. The van der Waals surface area contributed by atoms with Crippen LogP contribution in [0.15, 0.2) is 78.9 Å². The number of fused-ring (bicyclic) bond motifs is 2. The van der Waals surface area contributed by atoms with Crippen molar-refractivity contribution in [3.63, 3.8) is 0 Å². The van der Waals surface area contributed by atoms with Crippen LogP contribution in [0.1, 0.15) is 35.1 Å². The van der Waals surface area contributed by atoms with Crippen molar-refractivity contribution in [2.75, 3.05) is 13.7 Å². The summed E-state index contributed by atoms with van der Waals surface area (Å²) in [5.41, 5.74) is 3.74. The number of ether oxygens (including phenoxy) is 1. The number of carbonyl (C=O) groups excluding carboxylic acids is 2. The van der Waals surface area contributed by atoms with Gasteiger partial charge in [-0.05, 0) is 47.2 Å². The SMILES string of the molecule is COc1ccc(CN(Cc2ccc(CO)cc2)C(=O)[C@@H]2CC[C@@H]3CN2C(=O)N3OCc2ccccc2)cc1. The van der Waals surface area contributed by atoms with Gasteiger partial charge in [0.2, 0.25) is 5.91 Å². The molecular weight excluding hydrogens is 482 g/mol. The van der Waals surface area contributed by atoms with Crippen LogP contribution in [0.3, 0.4) is 0 Å². The third-order valence-electron chi connectivity index (χ3n) is 7.24. The van der Waals surface area contributed by atoms with E-state index in [0.717, 1.165) is 28.0 Å². The molecule has 0 aliphatic carbocycles. The number of hydrogen-bond acceptors (Lipinski definition) is 5. The summed E-state index contributed by atoms with van der Waals surface area (Å²) in [7, 11) is 1.62. The van der Waals surface area contributed by atoms with Crippen molar-refractivity contribution in [3.8, 4) is 5.75 Å². The minimum Gasteiger partial charge on any atom is -0.497 e. The number of amides is 3. The summed E-state index contributed by atoms with van der Waals surface area (Å²) in [4.78, 5) is 36.7. The number of carbonyl (C=O) groups is 2. The zero-order chi connectivity index (χ0) is 26.5. The molecule has 2 atom stereocenters. The van der Waals surface area contributed by atoms with Crippen LogP contribution in [0.25, 0.3) is 0 Å². The van der Waals surface area contributed by atoms with E-state index in [1.807, 2.05) is 83.8 Å². The largest absolute Gasteiger partial charge is 0.497 e. The van der Waals surface area contributed by atoms with Crippen molar-refractivity contribution in [2.45, 2.75) is 51.2 Å². The molecule has 0 aromatic heterocycles. The normalized spacial score (nSPS) is 18.5. The van der Waals surface area contributed by atoms with Crippen molar-refractivity contribution in [2.24, 2.45) is 0 Å². The lowest BCUT2D eigenvalue weighted by molar-refractivity contribution is -0.141. The minimum absolute atomic E-state index is 0.0298. The standard InChI is InChI=1S/C30H33N3O5/c1-37-27-14-11-23(12-15-27)18-31(17-22-7-9-24(20-34)10-8-22)29(35)28-16-13-26-19-32(28)30(36)33(26)38-21-25-5-3-2-4-6-25/h2-12,14-15,26,28,34H,13,16-21H2,1H3/t26-,28+/m1/s1. The molecule has 0 radical (unpaired) electrons. The van der Waals surface area contributed by atoms with Crippen molar-refractivity contribution >= 4 is 11.9 Å². The Kier molecular flexibility index (Phi) is 7.91. The summed E-state index contributed by atoms with van der Waals surface area (Å²) in [5.74, 6) is 0.673. The summed E-state index contributed by atoms with van der Waals surface area (Å²) < 4.78 is 5.28. The monoisotopic (exact) mass is 515 g/mol. The highest BCUT2D eigenvalue weighted by molar-refractivity contribution is 5.88. The van der Waals surface area contributed by atoms with Gasteiger partial charge in [-0.25, -0.2) is 4.79 Å². The van der Waals surface area contributed by atoms with Crippen molar-refractivity contribution in [1.29, 1.82) is 0 Å². The highest BCUT2D eigenvalue weighted by Gasteiger charge is 2.48. The van der Waals surface area contributed by atoms with Crippen molar-refractivity contribution < 1.29 is 24.3 Å². The van der Waals surface area contributed by atoms with Crippen LogP contribution in [0, 0.1) is 0 Å². The van der Waals surface area contributed by atoms with Gasteiger partial charge in [0.15, 0.2) is 0 Å². The smallest absolute Gasteiger partial charge is 0.345 e. The second-order valence-electron chi connectivity index (χ2n) is 9.78. The maximum absolute atomic E-state index is 14.0. The number of aliphatic hydroxyl groups is 1. The van der Waals surface area contributed by atoms with Gasteiger partial charge in [0.05, 0.1) is 19.8 Å². The van der Waals surface area contributed by atoms with Gasteiger partial charge in [-0.15, -0.1) is 0 Å². The minimum atomic E-state index is -0.543. The van der Waals surface area contributed by atoms with E-state index in [4.69, 9.17) is 9.57 Å². The fourth-order valence-corrected chi connectivity index (χ4v) is 5.12. The maximum Gasteiger partial charge on any atom is 0.345 e. The van der Waals surface area contributed by atoms with E-state index in [1.54, 1.807) is 12.0 Å². The Labute approximate surface area is 222 Å². The first-order valence-electron chi connectivity index (χ1n) is 12.9. The molecular formula is C30H33N3O5. The Morgan fingerprint density at radius 2 is 1.53 bits per heavy atom. The quantitative estimate of drug-likeness (QED) is 0.439. The number of nitrogens with zero attached hydrogens (tertiary/aromatic N) is 3. The van der Waals surface area contributed by atoms with Crippen molar-refractivity contribution in [3.05, 3.63) is 101 Å². The van der Waals surface area contributed by atoms with Gasteiger partial charge in [-0.2, -0.15) is 5.06 Å². The summed E-state index contributed by atoms with van der Waals surface area (Å²) >= 11 is 0. The fourth-order valence-electron chi connectivity index (χ4n) is 5.12. The van der Waals surface area contributed by atoms with Crippen LogP contribution >= 0.6 is 0 Å². The predicted molar refractivity (Wildman–Crippen MR) is 142 cm³/mol. The number of benzene rings is 3. The summed E-state index contributed by atoms with van der Waals surface area (Å²) in [6, 6.07) is 24.1. The number of hydrogen-bond donors (Lipinski definition) is 1.